The van der Waals surface area contributed by atoms with Crippen molar-refractivity contribution in [2.75, 3.05) is 5.32 Å². The molecule has 2 rings (SSSR count). The zero-order valence-electron chi connectivity index (χ0n) is 10.2. The summed E-state index contributed by atoms with van der Waals surface area (Å²) in [7, 11) is 0. The van der Waals surface area contributed by atoms with E-state index < -0.39 is 0 Å². The van der Waals surface area contributed by atoms with E-state index in [1.54, 1.807) is 0 Å². The van der Waals surface area contributed by atoms with Crippen molar-refractivity contribution in [1.29, 1.82) is 0 Å². The quantitative estimate of drug-likeness (QED) is 0.869. The highest BCUT2D eigenvalue weighted by Gasteiger charge is 2.01. The average Bonchev–Trinajstić information content (AvgIpc) is 2.31. The maximum atomic E-state index is 4.39. The summed E-state index contributed by atoms with van der Waals surface area (Å²) in [5.41, 5.74) is 3.71. The first-order valence-electron chi connectivity index (χ1n) is 5.49. The van der Waals surface area contributed by atoms with Gasteiger partial charge in [0.15, 0.2) is 0 Å². The van der Waals surface area contributed by atoms with Crippen molar-refractivity contribution >= 4 is 5.95 Å². The van der Waals surface area contributed by atoms with E-state index >= 15 is 0 Å². The van der Waals surface area contributed by atoms with Crippen molar-refractivity contribution in [2.24, 2.45) is 0 Å². The molecule has 0 aliphatic rings. The molecule has 5 heteroatoms. The second kappa shape index (κ2) is 4.86. The zero-order chi connectivity index (χ0) is 12.3. The lowest BCUT2D eigenvalue weighted by Gasteiger charge is -2.05. The monoisotopic (exact) mass is 229 g/mol. The van der Waals surface area contributed by atoms with E-state index in [2.05, 4.69) is 25.5 Å². The molecule has 17 heavy (non-hydrogen) atoms. The predicted molar refractivity (Wildman–Crippen MR) is 65.6 cm³/mol. The summed E-state index contributed by atoms with van der Waals surface area (Å²) >= 11 is 0. The molecule has 2 aromatic rings. The van der Waals surface area contributed by atoms with Crippen molar-refractivity contribution in [3.63, 3.8) is 0 Å². The van der Waals surface area contributed by atoms with Crippen molar-refractivity contribution in [3.05, 3.63) is 41.0 Å². The van der Waals surface area contributed by atoms with Gasteiger partial charge in [-0.15, -0.1) is 5.10 Å². The van der Waals surface area contributed by atoms with Crippen LogP contribution in [-0.4, -0.2) is 20.2 Å². The molecule has 0 radical (unpaired) electrons. The molecule has 0 aliphatic heterocycles. The standard InChI is InChI=1S/C12H15N5/c1-8-5-4-6-11(14-8)7-13-12-15-9(2)10(3)16-17-12/h4-6H,7H2,1-3H3,(H,13,15,17). The van der Waals surface area contributed by atoms with Crippen LogP contribution in [0.1, 0.15) is 22.8 Å². The molecule has 0 bridgehead atoms. The third-order valence-corrected chi connectivity index (χ3v) is 2.47. The lowest BCUT2D eigenvalue weighted by molar-refractivity contribution is 0.878. The number of hydrogen-bond acceptors (Lipinski definition) is 5. The lowest BCUT2D eigenvalue weighted by atomic mass is 10.3. The smallest absolute Gasteiger partial charge is 0.243 e. The van der Waals surface area contributed by atoms with Crippen LogP contribution in [0.3, 0.4) is 0 Å². The minimum absolute atomic E-state index is 0.538. The highest BCUT2D eigenvalue weighted by atomic mass is 15.2. The van der Waals surface area contributed by atoms with Crippen LogP contribution >= 0.6 is 0 Å². The van der Waals surface area contributed by atoms with Crippen LogP contribution in [0.4, 0.5) is 5.95 Å². The van der Waals surface area contributed by atoms with Crippen molar-refractivity contribution in [2.45, 2.75) is 27.3 Å². The molecule has 0 aromatic carbocycles. The van der Waals surface area contributed by atoms with Gasteiger partial charge in [-0.2, -0.15) is 5.10 Å². The first-order chi connectivity index (χ1) is 8.15. The van der Waals surface area contributed by atoms with E-state index in [-0.39, 0.29) is 0 Å². The molecule has 2 aromatic heterocycles. The normalized spacial score (nSPS) is 10.3. The van der Waals surface area contributed by atoms with E-state index in [4.69, 9.17) is 0 Å². The van der Waals surface area contributed by atoms with Gasteiger partial charge in [-0.05, 0) is 32.9 Å². The van der Waals surface area contributed by atoms with Crippen LogP contribution in [0.2, 0.25) is 0 Å². The Balaban J connectivity index is 2.05. The highest BCUT2D eigenvalue weighted by Crippen LogP contribution is 2.04. The summed E-state index contributed by atoms with van der Waals surface area (Å²) < 4.78 is 0. The van der Waals surface area contributed by atoms with Gasteiger partial charge in [-0.25, -0.2) is 4.98 Å². The Hall–Kier alpha value is -2.04. The molecule has 0 fully saturated rings. The van der Waals surface area contributed by atoms with E-state index in [9.17, 15) is 0 Å². The maximum absolute atomic E-state index is 4.39. The Bertz CT molecular complexity index is 524. The van der Waals surface area contributed by atoms with Crippen molar-refractivity contribution in [1.82, 2.24) is 20.2 Å². The van der Waals surface area contributed by atoms with Gasteiger partial charge in [0, 0.05) is 5.69 Å². The molecule has 0 aliphatic carbocycles. The van der Waals surface area contributed by atoms with Crippen LogP contribution in [0.5, 0.6) is 0 Å². The third-order valence-electron chi connectivity index (χ3n) is 2.47. The topological polar surface area (TPSA) is 63.6 Å². The van der Waals surface area contributed by atoms with E-state index in [0.717, 1.165) is 22.8 Å². The fraction of sp³-hybridized carbons (Fsp3) is 0.333. The highest BCUT2D eigenvalue weighted by molar-refractivity contribution is 5.26. The van der Waals surface area contributed by atoms with Gasteiger partial charge >= 0.3 is 0 Å². The maximum Gasteiger partial charge on any atom is 0.243 e. The SMILES string of the molecule is Cc1cccc(CNc2nnc(C)c(C)n2)n1. The Morgan fingerprint density at radius 1 is 1.00 bits per heavy atom. The second-order valence-electron chi connectivity index (χ2n) is 3.93. The molecule has 0 atom stereocenters. The lowest BCUT2D eigenvalue weighted by Crippen LogP contribution is -2.08. The van der Waals surface area contributed by atoms with E-state index in [1.165, 1.54) is 0 Å². The molecule has 0 amide bonds. The molecule has 2 heterocycles. The third kappa shape index (κ3) is 2.96. The first-order valence-corrected chi connectivity index (χ1v) is 5.49. The molecule has 5 nitrogen and oxygen atoms in total. The number of pyridine rings is 1. The summed E-state index contributed by atoms with van der Waals surface area (Å²) in [5.74, 6) is 0.538. The van der Waals surface area contributed by atoms with Crippen LogP contribution in [0, 0.1) is 20.8 Å². The minimum Gasteiger partial charge on any atom is -0.347 e. The van der Waals surface area contributed by atoms with Gasteiger partial charge in [0.25, 0.3) is 0 Å². The average molecular weight is 229 g/mol. The molecular formula is C12H15N5. The Morgan fingerprint density at radius 3 is 2.53 bits per heavy atom. The number of anilines is 1. The van der Waals surface area contributed by atoms with E-state index in [1.807, 2.05) is 39.0 Å². The van der Waals surface area contributed by atoms with Gasteiger partial charge in [0.05, 0.1) is 23.6 Å². The zero-order valence-corrected chi connectivity index (χ0v) is 10.2. The largest absolute Gasteiger partial charge is 0.347 e. The summed E-state index contributed by atoms with van der Waals surface area (Å²) in [6.45, 7) is 6.38. The van der Waals surface area contributed by atoms with Gasteiger partial charge in [-0.3, -0.25) is 4.98 Å². The van der Waals surface area contributed by atoms with Gasteiger partial charge in [0.1, 0.15) is 0 Å². The second-order valence-corrected chi connectivity index (χ2v) is 3.93. The summed E-state index contributed by atoms with van der Waals surface area (Å²) in [6.07, 6.45) is 0. The molecule has 0 spiro atoms. The number of nitrogens with one attached hydrogen (secondary N) is 1. The number of aromatic nitrogens is 4. The minimum atomic E-state index is 0.538. The fourth-order valence-electron chi connectivity index (χ4n) is 1.40. The molecular weight excluding hydrogens is 214 g/mol. The van der Waals surface area contributed by atoms with Crippen LogP contribution in [-0.2, 0) is 6.54 Å². The van der Waals surface area contributed by atoms with Gasteiger partial charge in [-0.1, -0.05) is 6.07 Å². The molecule has 88 valence electrons. The van der Waals surface area contributed by atoms with Crippen LogP contribution < -0.4 is 5.32 Å². The van der Waals surface area contributed by atoms with Crippen molar-refractivity contribution < 1.29 is 0 Å². The van der Waals surface area contributed by atoms with Crippen molar-refractivity contribution in [3.8, 4) is 0 Å². The molecule has 0 unspecified atom stereocenters. The summed E-state index contributed by atoms with van der Waals surface area (Å²) in [4.78, 5) is 8.69. The summed E-state index contributed by atoms with van der Waals surface area (Å²) in [5, 5.41) is 11.1. The fourth-order valence-corrected chi connectivity index (χ4v) is 1.40. The van der Waals surface area contributed by atoms with Gasteiger partial charge in [0.2, 0.25) is 5.95 Å². The number of nitrogens with zero attached hydrogens (tertiary/aromatic N) is 4. The van der Waals surface area contributed by atoms with Crippen LogP contribution in [0.25, 0.3) is 0 Å². The molecule has 0 saturated heterocycles. The predicted octanol–water partition coefficient (Wildman–Crippen LogP) is 1.80. The van der Waals surface area contributed by atoms with E-state index in [0.29, 0.717) is 12.5 Å². The summed E-state index contributed by atoms with van der Waals surface area (Å²) in [6, 6.07) is 5.92. The molecule has 0 saturated carbocycles. The Kier molecular flexibility index (Phi) is 3.27. The number of hydrogen-bond donors (Lipinski definition) is 1. The Labute approximate surface area is 100 Å². The first kappa shape index (κ1) is 11.4. The van der Waals surface area contributed by atoms with Crippen LogP contribution in [0.15, 0.2) is 18.2 Å². The number of aryl methyl sites for hydroxylation is 3. The molecule has 1 N–H and O–H groups in total. The Morgan fingerprint density at radius 2 is 1.82 bits per heavy atom. The number of rotatable bonds is 3. The van der Waals surface area contributed by atoms with Gasteiger partial charge < -0.3 is 5.32 Å².